The Kier molecular flexibility index (Phi) is 3.84. The van der Waals surface area contributed by atoms with Crippen LogP contribution in [0.3, 0.4) is 0 Å². The van der Waals surface area contributed by atoms with Crippen molar-refractivity contribution in [3.63, 3.8) is 0 Å². The molecule has 6 heteroatoms. The van der Waals surface area contributed by atoms with Crippen molar-refractivity contribution in [2.45, 2.75) is 39.2 Å². The number of carbonyl (C=O) groups excluding carboxylic acids is 1. The minimum Gasteiger partial charge on any atom is -0.346 e. The van der Waals surface area contributed by atoms with Crippen molar-refractivity contribution in [2.75, 3.05) is 0 Å². The highest BCUT2D eigenvalue weighted by Gasteiger charge is 2.16. The molecule has 1 aromatic carbocycles. The van der Waals surface area contributed by atoms with Crippen LogP contribution >= 0.6 is 11.3 Å². The van der Waals surface area contributed by atoms with Crippen LogP contribution in [0.1, 0.15) is 44.6 Å². The van der Waals surface area contributed by atoms with E-state index in [4.69, 9.17) is 0 Å². The first-order chi connectivity index (χ1) is 11.6. The molecule has 0 bridgehead atoms. The van der Waals surface area contributed by atoms with Gasteiger partial charge in [-0.2, -0.15) is 0 Å². The zero-order valence-electron chi connectivity index (χ0n) is 13.9. The Morgan fingerprint density at radius 1 is 1.29 bits per heavy atom. The number of amides is 1. The Balaban J connectivity index is 1.49. The smallest absolute Gasteiger partial charge is 0.251 e. The SMILES string of the molecule is Cc1nc2ccc(C(=O)NCc3nc4c(s3)CCCC4)cc2n1C. The molecule has 124 valence electrons. The first-order valence-corrected chi connectivity index (χ1v) is 9.12. The molecule has 0 atom stereocenters. The first-order valence-electron chi connectivity index (χ1n) is 8.30. The van der Waals surface area contributed by atoms with Gasteiger partial charge >= 0.3 is 0 Å². The molecule has 0 saturated carbocycles. The van der Waals surface area contributed by atoms with Crippen LogP contribution in [0.4, 0.5) is 0 Å². The predicted octanol–water partition coefficient (Wildman–Crippen LogP) is 3.15. The van der Waals surface area contributed by atoms with Gasteiger partial charge in [-0.25, -0.2) is 9.97 Å². The molecule has 1 amide bonds. The summed E-state index contributed by atoms with van der Waals surface area (Å²) in [4.78, 5) is 23.0. The largest absolute Gasteiger partial charge is 0.346 e. The van der Waals surface area contributed by atoms with Crippen molar-refractivity contribution < 1.29 is 4.79 Å². The van der Waals surface area contributed by atoms with E-state index in [9.17, 15) is 4.79 Å². The van der Waals surface area contributed by atoms with E-state index < -0.39 is 0 Å². The highest BCUT2D eigenvalue weighted by atomic mass is 32.1. The van der Waals surface area contributed by atoms with E-state index >= 15 is 0 Å². The summed E-state index contributed by atoms with van der Waals surface area (Å²) in [6, 6.07) is 5.63. The van der Waals surface area contributed by atoms with Gasteiger partial charge in [0.05, 0.1) is 23.3 Å². The number of hydrogen-bond donors (Lipinski definition) is 1. The number of nitrogens with zero attached hydrogens (tertiary/aromatic N) is 3. The van der Waals surface area contributed by atoms with Gasteiger partial charge in [0.15, 0.2) is 0 Å². The van der Waals surface area contributed by atoms with Gasteiger partial charge in [-0.3, -0.25) is 4.79 Å². The van der Waals surface area contributed by atoms with E-state index in [0.29, 0.717) is 12.1 Å². The van der Waals surface area contributed by atoms with Gasteiger partial charge in [0.25, 0.3) is 5.91 Å². The summed E-state index contributed by atoms with van der Waals surface area (Å²) in [5.41, 5.74) is 3.79. The van der Waals surface area contributed by atoms with Crippen LogP contribution in [0.25, 0.3) is 11.0 Å². The third-order valence-electron chi connectivity index (χ3n) is 4.66. The van der Waals surface area contributed by atoms with Crippen molar-refractivity contribution in [1.82, 2.24) is 19.9 Å². The molecule has 0 radical (unpaired) electrons. The molecule has 1 aliphatic carbocycles. The Morgan fingerprint density at radius 3 is 2.96 bits per heavy atom. The Morgan fingerprint density at radius 2 is 2.12 bits per heavy atom. The summed E-state index contributed by atoms with van der Waals surface area (Å²) < 4.78 is 2.00. The zero-order chi connectivity index (χ0) is 16.7. The van der Waals surface area contributed by atoms with Crippen LogP contribution < -0.4 is 5.32 Å². The number of thiazole rings is 1. The average Bonchev–Trinajstić information content (AvgIpc) is 3.13. The summed E-state index contributed by atoms with van der Waals surface area (Å²) in [6.45, 7) is 2.46. The molecule has 1 N–H and O–H groups in total. The van der Waals surface area contributed by atoms with E-state index in [2.05, 4.69) is 15.3 Å². The third-order valence-corrected chi connectivity index (χ3v) is 5.81. The third kappa shape index (κ3) is 2.71. The second-order valence-corrected chi connectivity index (χ2v) is 7.46. The molecular weight excluding hydrogens is 320 g/mol. The van der Waals surface area contributed by atoms with Crippen LogP contribution in [-0.2, 0) is 26.4 Å². The van der Waals surface area contributed by atoms with Crippen molar-refractivity contribution in [3.8, 4) is 0 Å². The molecule has 5 nitrogen and oxygen atoms in total. The van der Waals surface area contributed by atoms with Crippen molar-refractivity contribution in [2.24, 2.45) is 7.05 Å². The number of imidazole rings is 1. The highest BCUT2D eigenvalue weighted by Crippen LogP contribution is 2.26. The molecule has 4 rings (SSSR count). The summed E-state index contributed by atoms with van der Waals surface area (Å²) in [7, 11) is 1.96. The van der Waals surface area contributed by atoms with Gasteiger partial charge in [-0.05, 0) is 50.8 Å². The number of aromatic nitrogens is 3. The lowest BCUT2D eigenvalue weighted by molar-refractivity contribution is 0.0951. The number of aryl methyl sites for hydroxylation is 4. The predicted molar refractivity (Wildman–Crippen MR) is 95.4 cm³/mol. The fraction of sp³-hybridized carbons (Fsp3) is 0.389. The number of rotatable bonds is 3. The van der Waals surface area contributed by atoms with E-state index in [0.717, 1.165) is 34.7 Å². The van der Waals surface area contributed by atoms with Gasteiger partial charge in [-0.1, -0.05) is 0 Å². The summed E-state index contributed by atoms with van der Waals surface area (Å²) in [5, 5.41) is 4.00. The molecule has 0 unspecified atom stereocenters. The lowest BCUT2D eigenvalue weighted by atomic mass is 10.0. The van der Waals surface area contributed by atoms with Crippen LogP contribution in [0.5, 0.6) is 0 Å². The van der Waals surface area contributed by atoms with Gasteiger partial charge in [0.2, 0.25) is 0 Å². The minimum atomic E-state index is -0.0658. The number of nitrogens with one attached hydrogen (secondary N) is 1. The van der Waals surface area contributed by atoms with Crippen LogP contribution in [0.2, 0.25) is 0 Å². The quantitative estimate of drug-likeness (QED) is 0.797. The van der Waals surface area contributed by atoms with Crippen molar-refractivity contribution in [3.05, 3.63) is 45.2 Å². The summed E-state index contributed by atoms with van der Waals surface area (Å²) in [6.07, 6.45) is 4.70. The molecule has 2 aromatic heterocycles. The number of hydrogen-bond acceptors (Lipinski definition) is 4. The number of benzene rings is 1. The van der Waals surface area contributed by atoms with Crippen molar-refractivity contribution in [1.29, 1.82) is 0 Å². The molecule has 0 saturated heterocycles. The summed E-state index contributed by atoms with van der Waals surface area (Å²) >= 11 is 1.74. The van der Waals surface area contributed by atoms with E-state index in [1.807, 2.05) is 36.7 Å². The Hall–Kier alpha value is -2.21. The second-order valence-electron chi connectivity index (χ2n) is 6.29. The van der Waals surface area contributed by atoms with Crippen LogP contribution in [0, 0.1) is 6.92 Å². The van der Waals surface area contributed by atoms with E-state index in [1.165, 1.54) is 23.4 Å². The van der Waals surface area contributed by atoms with Crippen molar-refractivity contribution >= 4 is 28.3 Å². The van der Waals surface area contributed by atoms with Gasteiger partial charge in [-0.15, -0.1) is 11.3 Å². The molecular formula is C18H20N4OS. The number of fused-ring (bicyclic) bond motifs is 2. The normalized spacial score (nSPS) is 13.9. The Labute approximate surface area is 144 Å². The molecule has 3 aromatic rings. The molecule has 0 fully saturated rings. The van der Waals surface area contributed by atoms with Crippen LogP contribution in [0.15, 0.2) is 18.2 Å². The standard InChI is InChI=1S/C18H20N4OS/c1-11-20-13-8-7-12(9-15(13)22(11)2)18(23)19-10-17-21-14-5-3-4-6-16(14)24-17/h7-9H,3-6,10H2,1-2H3,(H,19,23). The maximum absolute atomic E-state index is 12.5. The Bertz CT molecular complexity index is 901. The monoisotopic (exact) mass is 340 g/mol. The zero-order valence-corrected chi connectivity index (χ0v) is 14.7. The van der Waals surface area contributed by atoms with E-state index in [-0.39, 0.29) is 5.91 Å². The molecule has 0 aliphatic heterocycles. The second kappa shape index (κ2) is 6.02. The topological polar surface area (TPSA) is 59.8 Å². The fourth-order valence-electron chi connectivity index (χ4n) is 3.19. The lowest BCUT2D eigenvalue weighted by Gasteiger charge is -2.06. The lowest BCUT2D eigenvalue weighted by Crippen LogP contribution is -2.22. The average molecular weight is 340 g/mol. The fourth-order valence-corrected chi connectivity index (χ4v) is 4.29. The van der Waals surface area contributed by atoms with Gasteiger partial charge in [0, 0.05) is 17.5 Å². The highest BCUT2D eigenvalue weighted by molar-refractivity contribution is 7.11. The molecule has 24 heavy (non-hydrogen) atoms. The van der Waals surface area contributed by atoms with E-state index in [1.54, 1.807) is 11.3 Å². The van der Waals surface area contributed by atoms with Gasteiger partial charge < -0.3 is 9.88 Å². The van der Waals surface area contributed by atoms with Gasteiger partial charge in [0.1, 0.15) is 10.8 Å². The molecule has 2 heterocycles. The molecule has 0 spiro atoms. The number of carbonyl (C=O) groups is 1. The first kappa shape index (κ1) is 15.3. The minimum absolute atomic E-state index is 0.0658. The summed E-state index contributed by atoms with van der Waals surface area (Å²) in [5.74, 6) is 0.875. The maximum Gasteiger partial charge on any atom is 0.251 e. The maximum atomic E-state index is 12.5. The molecule has 1 aliphatic rings. The van der Waals surface area contributed by atoms with Crippen LogP contribution in [-0.4, -0.2) is 20.4 Å².